The Bertz CT molecular complexity index is 1160. The van der Waals surface area contributed by atoms with Gasteiger partial charge >= 0.3 is 0 Å². The van der Waals surface area contributed by atoms with Crippen molar-refractivity contribution in [3.05, 3.63) is 74.5 Å². The number of aromatic nitrogens is 2. The molecule has 2 atom stereocenters. The predicted molar refractivity (Wildman–Crippen MR) is 112 cm³/mol. The van der Waals surface area contributed by atoms with Crippen LogP contribution in [0.15, 0.2) is 52.0 Å². The van der Waals surface area contributed by atoms with Gasteiger partial charge in [-0.05, 0) is 23.9 Å². The molecule has 3 aromatic heterocycles. The first-order valence-corrected chi connectivity index (χ1v) is 10.9. The first-order valence-electron chi connectivity index (χ1n) is 9.17. The molecule has 0 aliphatic carbocycles. The molecule has 0 fully saturated rings. The topological polar surface area (TPSA) is 50.2 Å². The van der Waals surface area contributed by atoms with E-state index in [1.54, 1.807) is 22.7 Å². The Kier molecular flexibility index (Phi) is 4.19. The van der Waals surface area contributed by atoms with Gasteiger partial charge in [-0.1, -0.05) is 30.3 Å². The minimum atomic E-state index is -0.0247. The molecule has 0 radical (unpaired) electrons. The number of H-pyrrole nitrogens is 1. The van der Waals surface area contributed by atoms with Crippen molar-refractivity contribution in [3.8, 4) is 10.4 Å². The Morgan fingerprint density at radius 3 is 2.81 bits per heavy atom. The van der Waals surface area contributed by atoms with Gasteiger partial charge in [0.15, 0.2) is 5.82 Å². The fraction of sp³-hybridized carbons (Fsp3) is 0.238. The molecule has 4 heterocycles. The lowest BCUT2D eigenvalue weighted by atomic mass is 9.99. The van der Waals surface area contributed by atoms with Crippen LogP contribution >= 0.6 is 22.7 Å². The molecule has 1 aromatic carbocycles. The smallest absolute Gasteiger partial charge is 0.260 e. The lowest BCUT2D eigenvalue weighted by molar-refractivity contribution is -0.945. The van der Waals surface area contributed by atoms with Crippen molar-refractivity contribution in [3.63, 3.8) is 0 Å². The van der Waals surface area contributed by atoms with E-state index in [0.717, 1.165) is 46.0 Å². The number of nitrogens with one attached hydrogen (secondary N) is 2. The maximum absolute atomic E-state index is 12.9. The summed E-state index contributed by atoms with van der Waals surface area (Å²) < 4.78 is 0. The lowest BCUT2D eigenvalue weighted by Gasteiger charge is -2.30. The standard InChI is InChI=1S/C21H19N3OS2/c1-13(24-9-8-14-5-2-3-6-15(14)11-24)19-22-20(25)18-16(12-27-21(18)23-19)17-7-4-10-26-17/h2-7,10,12-13H,8-9,11H2,1H3,(H,22,23,25)/p+1/t13-/m1/s1. The van der Waals surface area contributed by atoms with E-state index in [4.69, 9.17) is 4.98 Å². The summed E-state index contributed by atoms with van der Waals surface area (Å²) in [7, 11) is 0. The Morgan fingerprint density at radius 1 is 1.15 bits per heavy atom. The van der Waals surface area contributed by atoms with E-state index >= 15 is 0 Å². The van der Waals surface area contributed by atoms with Gasteiger partial charge in [0.25, 0.3) is 5.56 Å². The quantitative estimate of drug-likeness (QED) is 0.559. The first-order chi connectivity index (χ1) is 13.2. The molecule has 0 amide bonds. The lowest BCUT2D eigenvalue weighted by Crippen LogP contribution is -3.11. The summed E-state index contributed by atoms with van der Waals surface area (Å²) in [6.45, 7) is 4.20. The zero-order valence-electron chi connectivity index (χ0n) is 15.0. The van der Waals surface area contributed by atoms with Crippen molar-refractivity contribution in [1.82, 2.24) is 9.97 Å². The Morgan fingerprint density at radius 2 is 2.00 bits per heavy atom. The molecule has 1 unspecified atom stereocenters. The summed E-state index contributed by atoms with van der Waals surface area (Å²) in [4.78, 5) is 24.2. The van der Waals surface area contributed by atoms with Crippen LogP contribution in [0.4, 0.5) is 0 Å². The highest BCUT2D eigenvalue weighted by atomic mass is 32.1. The van der Waals surface area contributed by atoms with Crippen LogP contribution in [0, 0.1) is 0 Å². The van der Waals surface area contributed by atoms with E-state index in [1.807, 2.05) is 11.4 Å². The molecular weight excluding hydrogens is 374 g/mol. The van der Waals surface area contributed by atoms with Crippen LogP contribution < -0.4 is 10.5 Å². The summed E-state index contributed by atoms with van der Waals surface area (Å²) in [5.41, 5.74) is 3.83. The van der Waals surface area contributed by atoms with E-state index in [9.17, 15) is 4.79 Å². The highest BCUT2D eigenvalue weighted by molar-refractivity contribution is 7.18. The van der Waals surface area contributed by atoms with Crippen LogP contribution in [-0.4, -0.2) is 16.5 Å². The average molecular weight is 395 g/mol. The average Bonchev–Trinajstić information content (AvgIpc) is 3.36. The molecule has 0 saturated carbocycles. The third-order valence-corrected chi connectivity index (χ3v) is 7.30. The predicted octanol–water partition coefficient (Wildman–Crippen LogP) is 3.42. The third kappa shape index (κ3) is 2.94. The molecule has 1 aliphatic heterocycles. The molecule has 0 saturated heterocycles. The van der Waals surface area contributed by atoms with Crippen molar-refractivity contribution in [1.29, 1.82) is 0 Å². The summed E-state index contributed by atoms with van der Waals surface area (Å²) in [6, 6.07) is 12.9. The van der Waals surface area contributed by atoms with Crippen LogP contribution in [0.5, 0.6) is 0 Å². The largest absolute Gasteiger partial charge is 0.322 e. The third-order valence-electron chi connectivity index (χ3n) is 5.52. The fourth-order valence-corrected chi connectivity index (χ4v) is 5.72. The van der Waals surface area contributed by atoms with Gasteiger partial charge in [-0.3, -0.25) is 4.79 Å². The van der Waals surface area contributed by atoms with Crippen molar-refractivity contribution in [2.75, 3.05) is 6.54 Å². The fourth-order valence-electron chi connectivity index (χ4n) is 3.95. The van der Waals surface area contributed by atoms with Crippen molar-refractivity contribution < 1.29 is 4.90 Å². The minimum absolute atomic E-state index is 0.0247. The van der Waals surface area contributed by atoms with Crippen LogP contribution in [0.25, 0.3) is 20.7 Å². The van der Waals surface area contributed by atoms with Crippen LogP contribution in [0.2, 0.25) is 0 Å². The van der Waals surface area contributed by atoms with Gasteiger partial charge in [-0.2, -0.15) is 0 Å². The molecule has 5 rings (SSSR count). The minimum Gasteiger partial charge on any atom is -0.322 e. The summed E-state index contributed by atoms with van der Waals surface area (Å²) >= 11 is 3.21. The van der Waals surface area contributed by atoms with Gasteiger partial charge in [-0.25, -0.2) is 4.98 Å². The zero-order valence-corrected chi connectivity index (χ0v) is 16.6. The van der Waals surface area contributed by atoms with Crippen molar-refractivity contribution >= 4 is 32.9 Å². The SMILES string of the molecule is C[C@H](c1nc2scc(-c3cccs3)c2c(=O)[nH]1)[NH+]1CCc2ccccc2C1. The van der Waals surface area contributed by atoms with Crippen LogP contribution in [0.1, 0.15) is 29.9 Å². The number of hydrogen-bond acceptors (Lipinski definition) is 4. The van der Waals surface area contributed by atoms with E-state index in [1.165, 1.54) is 16.0 Å². The van der Waals surface area contributed by atoms with E-state index < -0.39 is 0 Å². The Labute approximate surface area is 165 Å². The van der Waals surface area contributed by atoms with Gasteiger partial charge in [0.2, 0.25) is 0 Å². The van der Waals surface area contributed by atoms with Gasteiger partial charge in [0, 0.05) is 27.8 Å². The van der Waals surface area contributed by atoms with E-state index in [-0.39, 0.29) is 11.6 Å². The number of benzene rings is 1. The van der Waals surface area contributed by atoms with Gasteiger partial charge < -0.3 is 9.88 Å². The second kappa shape index (κ2) is 6.71. The number of rotatable bonds is 3. The number of nitrogens with zero attached hydrogens (tertiary/aromatic N) is 1. The van der Waals surface area contributed by atoms with Crippen LogP contribution in [-0.2, 0) is 13.0 Å². The van der Waals surface area contributed by atoms with Crippen LogP contribution in [0.3, 0.4) is 0 Å². The summed E-state index contributed by atoms with van der Waals surface area (Å²) in [6.07, 6.45) is 1.07. The molecule has 0 bridgehead atoms. The van der Waals surface area contributed by atoms with Gasteiger partial charge in [-0.15, -0.1) is 22.7 Å². The second-order valence-corrected chi connectivity index (χ2v) is 8.89. The highest BCUT2D eigenvalue weighted by Gasteiger charge is 2.27. The summed E-state index contributed by atoms with van der Waals surface area (Å²) in [5, 5.41) is 4.81. The second-order valence-electron chi connectivity index (χ2n) is 7.08. The number of fused-ring (bicyclic) bond motifs is 2. The molecule has 4 nitrogen and oxygen atoms in total. The number of thiophene rings is 2. The van der Waals surface area contributed by atoms with Gasteiger partial charge in [0.1, 0.15) is 17.4 Å². The summed E-state index contributed by atoms with van der Waals surface area (Å²) in [5.74, 6) is 0.793. The van der Waals surface area contributed by atoms with Crippen molar-refractivity contribution in [2.45, 2.75) is 25.9 Å². The molecule has 27 heavy (non-hydrogen) atoms. The zero-order chi connectivity index (χ0) is 18.4. The Balaban J connectivity index is 1.50. The molecule has 0 spiro atoms. The first kappa shape index (κ1) is 16.9. The van der Waals surface area contributed by atoms with Crippen molar-refractivity contribution in [2.24, 2.45) is 0 Å². The maximum atomic E-state index is 12.9. The van der Waals surface area contributed by atoms with E-state index in [2.05, 4.69) is 47.6 Å². The van der Waals surface area contributed by atoms with Gasteiger partial charge in [0.05, 0.1) is 11.9 Å². The monoisotopic (exact) mass is 394 g/mol. The molecule has 4 aromatic rings. The maximum Gasteiger partial charge on any atom is 0.260 e. The number of hydrogen-bond donors (Lipinski definition) is 2. The highest BCUT2D eigenvalue weighted by Crippen LogP contribution is 2.33. The molecule has 136 valence electrons. The molecular formula is C21H20N3OS2+. The number of aromatic amines is 1. The van der Waals surface area contributed by atoms with E-state index in [0.29, 0.717) is 0 Å². The Hall–Kier alpha value is -2.28. The number of quaternary nitrogens is 1. The molecule has 1 aliphatic rings. The molecule has 2 N–H and O–H groups in total. The normalized spacial score (nSPS) is 17.7. The molecule has 6 heteroatoms.